The van der Waals surface area contributed by atoms with Gasteiger partial charge in [-0.3, -0.25) is 4.79 Å². The Labute approximate surface area is 133 Å². The lowest BCUT2D eigenvalue weighted by Crippen LogP contribution is -2.40. The summed E-state index contributed by atoms with van der Waals surface area (Å²) >= 11 is 0. The minimum absolute atomic E-state index is 0.0705. The number of carbonyl (C=O) groups excluding carboxylic acids is 1. The summed E-state index contributed by atoms with van der Waals surface area (Å²) < 4.78 is 5.27. The van der Waals surface area contributed by atoms with Crippen LogP contribution in [0.5, 0.6) is 0 Å². The van der Waals surface area contributed by atoms with E-state index in [1.54, 1.807) is 13.0 Å². The summed E-state index contributed by atoms with van der Waals surface area (Å²) in [5.74, 6) is -1.19. The fraction of sp³-hybridized carbons (Fsp3) is 0.500. The zero-order valence-electron chi connectivity index (χ0n) is 13.4. The predicted octanol–water partition coefficient (Wildman–Crippen LogP) is 2.34. The van der Waals surface area contributed by atoms with Gasteiger partial charge in [0.05, 0.1) is 16.6 Å². The van der Waals surface area contributed by atoms with Gasteiger partial charge >= 0.3 is 5.97 Å². The molecule has 1 amide bonds. The predicted molar refractivity (Wildman–Crippen MR) is 82.3 cm³/mol. The number of carboxylic acids is 1. The molecule has 1 aliphatic rings. The molecule has 1 fully saturated rings. The molecule has 7 nitrogen and oxygen atoms in total. The molecule has 1 aliphatic heterocycles. The summed E-state index contributed by atoms with van der Waals surface area (Å²) in [6.07, 6.45) is 1.17. The smallest absolute Gasteiger partial charge is 0.326 e. The zero-order valence-corrected chi connectivity index (χ0v) is 13.4. The maximum atomic E-state index is 13.0. The van der Waals surface area contributed by atoms with Gasteiger partial charge in [0.15, 0.2) is 0 Å². The van der Waals surface area contributed by atoms with Crippen LogP contribution in [0.4, 0.5) is 0 Å². The number of rotatable bonds is 3. The van der Waals surface area contributed by atoms with Crippen molar-refractivity contribution >= 4 is 23.0 Å². The van der Waals surface area contributed by atoms with E-state index in [0.717, 1.165) is 0 Å². The van der Waals surface area contributed by atoms with Crippen LogP contribution >= 0.6 is 0 Å². The number of aliphatic carboxylic acids is 1. The molecule has 1 atom stereocenters. The molecule has 1 N–H and O–H groups in total. The second-order valence-electron chi connectivity index (χ2n) is 6.21. The largest absolute Gasteiger partial charge is 0.480 e. The van der Waals surface area contributed by atoms with E-state index in [2.05, 4.69) is 10.1 Å². The van der Waals surface area contributed by atoms with Gasteiger partial charge in [-0.2, -0.15) is 0 Å². The highest BCUT2D eigenvalue weighted by molar-refractivity contribution is 6.07. The fourth-order valence-electron chi connectivity index (χ4n) is 3.08. The lowest BCUT2D eigenvalue weighted by atomic mass is 10.0. The molecule has 0 aliphatic carbocycles. The molecule has 2 aromatic heterocycles. The third-order valence-corrected chi connectivity index (χ3v) is 4.18. The number of pyridine rings is 1. The third-order valence-electron chi connectivity index (χ3n) is 4.18. The lowest BCUT2D eigenvalue weighted by Gasteiger charge is -2.22. The van der Waals surface area contributed by atoms with Crippen molar-refractivity contribution in [2.45, 2.75) is 45.6 Å². The van der Waals surface area contributed by atoms with E-state index in [4.69, 9.17) is 4.52 Å². The highest BCUT2D eigenvalue weighted by Gasteiger charge is 2.36. The number of amides is 1. The first-order chi connectivity index (χ1) is 10.9. The van der Waals surface area contributed by atoms with Crippen LogP contribution in [0.25, 0.3) is 11.1 Å². The van der Waals surface area contributed by atoms with Gasteiger partial charge < -0.3 is 14.5 Å². The van der Waals surface area contributed by atoms with Crippen LogP contribution in [0.2, 0.25) is 0 Å². The second-order valence-corrected chi connectivity index (χ2v) is 6.21. The van der Waals surface area contributed by atoms with Gasteiger partial charge in [0, 0.05) is 12.2 Å². The SMILES string of the molecule is Cc1cc(C(=O)N2CCC[C@@H]2C(=O)O)c2c(C(C)C)noc2n1. The van der Waals surface area contributed by atoms with Crippen molar-refractivity contribution in [3.63, 3.8) is 0 Å². The van der Waals surface area contributed by atoms with E-state index in [1.807, 2.05) is 13.8 Å². The van der Waals surface area contributed by atoms with Gasteiger partial charge in [-0.25, -0.2) is 9.78 Å². The lowest BCUT2D eigenvalue weighted by molar-refractivity contribution is -0.141. The molecule has 0 spiro atoms. The Bertz CT molecular complexity index is 781. The number of aromatic nitrogens is 2. The Morgan fingerprint density at radius 2 is 2.17 bits per heavy atom. The van der Waals surface area contributed by atoms with Crippen LogP contribution in [-0.2, 0) is 4.79 Å². The Hall–Kier alpha value is -2.44. The Balaban J connectivity index is 2.13. The normalized spacial score (nSPS) is 18.1. The third kappa shape index (κ3) is 2.56. The minimum Gasteiger partial charge on any atom is -0.480 e. The van der Waals surface area contributed by atoms with Crippen LogP contribution in [0.1, 0.15) is 54.4 Å². The van der Waals surface area contributed by atoms with Crippen LogP contribution < -0.4 is 0 Å². The molecule has 0 aromatic carbocycles. The van der Waals surface area contributed by atoms with Gasteiger partial charge in [-0.05, 0) is 31.7 Å². The van der Waals surface area contributed by atoms with Crippen molar-refractivity contribution in [3.8, 4) is 0 Å². The fourth-order valence-corrected chi connectivity index (χ4v) is 3.08. The molecule has 2 aromatic rings. The van der Waals surface area contributed by atoms with Crippen molar-refractivity contribution in [3.05, 3.63) is 23.0 Å². The van der Waals surface area contributed by atoms with Crippen molar-refractivity contribution in [1.29, 1.82) is 0 Å². The zero-order chi connectivity index (χ0) is 16.7. The monoisotopic (exact) mass is 317 g/mol. The molecule has 23 heavy (non-hydrogen) atoms. The highest BCUT2D eigenvalue weighted by atomic mass is 16.5. The average molecular weight is 317 g/mol. The number of carbonyl (C=O) groups is 2. The molecule has 0 radical (unpaired) electrons. The Morgan fingerprint density at radius 3 is 2.83 bits per heavy atom. The summed E-state index contributed by atoms with van der Waals surface area (Å²) in [5.41, 5.74) is 2.05. The van der Waals surface area contributed by atoms with Crippen molar-refractivity contribution in [2.75, 3.05) is 6.54 Å². The molecule has 1 saturated heterocycles. The highest BCUT2D eigenvalue weighted by Crippen LogP contribution is 2.30. The van der Waals surface area contributed by atoms with Crippen LogP contribution in [0, 0.1) is 6.92 Å². The van der Waals surface area contributed by atoms with Gasteiger partial charge in [0.1, 0.15) is 6.04 Å². The number of hydrogen-bond donors (Lipinski definition) is 1. The summed E-state index contributed by atoms with van der Waals surface area (Å²) in [7, 11) is 0. The first kappa shape index (κ1) is 15.5. The Kier molecular flexibility index (Phi) is 3.79. The Morgan fingerprint density at radius 1 is 1.43 bits per heavy atom. The number of nitrogens with zero attached hydrogens (tertiary/aromatic N) is 3. The maximum Gasteiger partial charge on any atom is 0.326 e. The minimum atomic E-state index is -0.965. The molecule has 7 heteroatoms. The molecule has 3 heterocycles. The number of carboxylic acid groups (broad SMARTS) is 1. The average Bonchev–Trinajstić information content (AvgIpc) is 3.11. The van der Waals surface area contributed by atoms with E-state index in [9.17, 15) is 14.7 Å². The van der Waals surface area contributed by atoms with Crippen molar-refractivity contribution in [2.24, 2.45) is 0 Å². The van der Waals surface area contributed by atoms with E-state index >= 15 is 0 Å². The molecule has 0 saturated carbocycles. The molecule has 3 rings (SSSR count). The summed E-state index contributed by atoms with van der Waals surface area (Å²) in [6, 6.07) is 0.915. The first-order valence-electron chi connectivity index (χ1n) is 7.71. The molecule has 0 unspecified atom stereocenters. The number of aryl methyl sites for hydroxylation is 1. The van der Waals surface area contributed by atoms with E-state index in [-0.39, 0.29) is 11.8 Å². The maximum absolute atomic E-state index is 13.0. The molecule has 122 valence electrons. The summed E-state index contributed by atoms with van der Waals surface area (Å²) in [6.45, 7) is 6.13. The molecular weight excluding hydrogens is 298 g/mol. The molecular formula is C16H19N3O4. The van der Waals surface area contributed by atoms with E-state index in [1.165, 1.54) is 4.90 Å². The number of likely N-dealkylation sites (tertiary alicyclic amines) is 1. The van der Waals surface area contributed by atoms with Crippen LogP contribution in [-0.4, -0.2) is 44.6 Å². The quantitative estimate of drug-likeness (QED) is 0.933. The molecule has 0 bridgehead atoms. The second kappa shape index (κ2) is 5.64. The number of fused-ring (bicyclic) bond motifs is 1. The van der Waals surface area contributed by atoms with E-state index < -0.39 is 12.0 Å². The van der Waals surface area contributed by atoms with Crippen molar-refractivity contribution in [1.82, 2.24) is 15.0 Å². The van der Waals surface area contributed by atoms with E-state index in [0.29, 0.717) is 47.4 Å². The number of hydrogen-bond acceptors (Lipinski definition) is 5. The topological polar surface area (TPSA) is 96.5 Å². The summed E-state index contributed by atoms with van der Waals surface area (Å²) in [4.78, 5) is 30.0. The first-order valence-corrected chi connectivity index (χ1v) is 7.71. The summed E-state index contributed by atoms with van der Waals surface area (Å²) in [5, 5.41) is 13.9. The van der Waals surface area contributed by atoms with Crippen LogP contribution in [0.3, 0.4) is 0 Å². The van der Waals surface area contributed by atoms with Crippen molar-refractivity contribution < 1.29 is 19.2 Å². The standard InChI is InChI=1S/C16H19N3O4/c1-8(2)13-12-10(7-9(3)17-14(12)23-18-13)15(20)19-6-4-5-11(19)16(21)22/h7-8,11H,4-6H2,1-3H3,(H,21,22)/t11-/m1/s1. The van der Waals surface area contributed by atoms with Gasteiger partial charge in [0.2, 0.25) is 0 Å². The van der Waals surface area contributed by atoms with Gasteiger partial charge in [-0.15, -0.1) is 0 Å². The van der Waals surface area contributed by atoms with Gasteiger partial charge in [-0.1, -0.05) is 19.0 Å². The van der Waals surface area contributed by atoms with Crippen LogP contribution in [0.15, 0.2) is 10.6 Å². The van der Waals surface area contributed by atoms with Gasteiger partial charge in [0.25, 0.3) is 11.6 Å².